The van der Waals surface area contributed by atoms with Crippen LogP contribution in [0.1, 0.15) is 0 Å². The number of halogens is 1. The maximum atomic E-state index is 5.34. The first-order chi connectivity index (χ1) is 3.31. The normalized spacial score (nSPS) is 11.8. The molecule has 0 saturated carbocycles. The zero-order valence-corrected chi connectivity index (χ0v) is 5.78. The Kier molecular flexibility index (Phi) is 9.42. The van der Waals surface area contributed by atoms with Gasteiger partial charge in [-0.05, 0) is 0 Å². The monoisotopic (exact) mass is 137 g/mol. The molecule has 0 rings (SSSR count). The first kappa shape index (κ1) is 10.8. The average Bonchev–Trinajstić information content (AvgIpc) is 1.68. The first-order valence-electron chi connectivity index (χ1n) is 2.18. The molecular weight excluding hydrogens is 126 g/mol. The third-order valence-electron chi connectivity index (χ3n) is 0.662. The van der Waals surface area contributed by atoms with Crippen molar-refractivity contribution >= 4 is 12.4 Å². The van der Waals surface area contributed by atoms with E-state index in [1.165, 1.54) is 0 Å². The maximum Gasteiger partial charge on any atom is 0.0649 e. The van der Waals surface area contributed by atoms with Crippen LogP contribution in [0.2, 0.25) is 0 Å². The van der Waals surface area contributed by atoms with Gasteiger partial charge in [0.05, 0.1) is 6.61 Å². The van der Waals surface area contributed by atoms with Gasteiger partial charge in [-0.15, -0.1) is 19.0 Å². The molecular formula is C5H12ClNO. The highest BCUT2D eigenvalue weighted by atomic mass is 35.5. The quantitative estimate of drug-likeness (QED) is 0.578. The second kappa shape index (κ2) is 6.95. The summed E-state index contributed by atoms with van der Waals surface area (Å²) in [4.78, 5) is 0. The number of methoxy groups -OCH3 is 1. The van der Waals surface area contributed by atoms with E-state index in [9.17, 15) is 0 Å². The van der Waals surface area contributed by atoms with Crippen LogP contribution < -0.4 is 5.73 Å². The van der Waals surface area contributed by atoms with Gasteiger partial charge in [-0.25, -0.2) is 0 Å². The molecule has 0 bridgehead atoms. The fraction of sp³-hybridized carbons (Fsp3) is 0.600. The van der Waals surface area contributed by atoms with Gasteiger partial charge in [0.15, 0.2) is 0 Å². The summed E-state index contributed by atoms with van der Waals surface area (Å²) in [6.07, 6.45) is 1.66. The van der Waals surface area contributed by atoms with Crippen LogP contribution in [0, 0.1) is 0 Å². The van der Waals surface area contributed by atoms with Gasteiger partial charge in [0.1, 0.15) is 0 Å². The molecule has 1 atom stereocenters. The lowest BCUT2D eigenvalue weighted by molar-refractivity contribution is 0.192. The highest BCUT2D eigenvalue weighted by Crippen LogP contribution is 1.76. The molecule has 0 heterocycles. The molecule has 0 fully saturated rings. The third kappa shape index (κ3) is 5.95. The largest absolute Gasteiger partial charge is 0.383 e. The molecule has 0 amide bonds. The SMILES string of the molecule is C=C[C@H](N)COC.Cl. The molecule has 0 aromatic carbocycles. The lowest BCUT2D eigenvalue weighted by Gasteiger charge is -2.00. The molecule has 50 valence electrons. The van der Waals surface area contributed by atoms with Crippen molar-refractivity contribution < 1.29 is 4.74 Å². The number of ether oxygens (including phenoxy) is 1. The summed E-state index contributed by atoms with van der Waals surface area (Å²) in [5.74, 6) is 0. The standard InChI is InChI=1S/C5H11NO.ClH/c1-3-5(6)4-7-2;/h3,5H,1,4,6H2,2H3;1H/t5-;/m0./s1. The number of hydrogen-bond acceptors (Lipinski definition) is 2. The second-order valence-electron chi connectivity index (χ2n) is 1.35. The van der Waals surface area contributed by atoms with Crippen LogP contribution in [-0.4, -0.2) is 19.8 Å². The van der Waals surface area contributed by atoms with Gasteiger partial charge in [0, 0.05) is 13.2 Å². The van der Waals surface area contributed by atoms with E-state index < -0.39 is 0 Å². The summed E-state index contributed by atoms with van der Waals surface area (Å²) in [7, 11) is 1.61. The van der Waals surface area contributed by atoms with Crippen molar-refractivity contribution in [2.24, 2.45) is 5.73 Å². The Hall–Kier alpha value is -0.0500. The second-order valence-corrected chi connectivity index (χ2v) is 1.35. The molecule has 0 aromatic rings. The summed E-state index contributed by atoms with van der Waals surface area (Å²) in [6.45, 7) is 4.03. The van der Waals surface area contributed by atoms with E-state index in [0.717, 1.165) is 0 Å². The predicted octanol–water partition coefficient (Wildman–Crippen LogP) is 0.568. The number of hydrogen-bond donors (Lipinski definition) is 1. The van der Waals surface area contributed by atoms with Crippen LogP contribution in [0.3, 0.4) is 0 Å². The van der Waals surface area contributed by atoms with Gasteiger partial charge in [-0.2, -0.15) is 0 Å². The summed E-state index contributed by atoms with van der Waals surface area (Å²) in [5.41, 5.74) is 5.34. The van der Waals surface area contributed by atoms with Gasteiger partial charge in [0.2, 0.25) is 0 Å². The Bertz CT molecular complexity index is 58.4. The zero-order chi connectivity index (χ0) is 5.70. The van der Waals surface area contributed by atoms with Crippen molar-refractivity contribution in [3.63, 3.8) is 0 Å². The van der Waals surface area contributed by atoms with Crippen molar-refractivity contribution in [2.45, 2.75) is 6.04 Å². The molecule has 2 N–H and O–H groups in total. The van der Waals surface area contributed by atoms with E-state index >= 15 is 0 Å². The zero-order valence-electron chi connectivity index (χ0n) is 4.96. The van der Waals surface area contributed by atoms with Crippen LogP contribution in [0.5, 0.6) is 0 Å². The predicted molar refractivity (Wildman–Crippen MR) is 37.3 cm³/mol. The van der Waals surface area contributed by atoms with Gasteiger partial charge in [-0.3, -0.25) is 0 Å². The van der Waals surface area contributed by atoms with E-state index in [2.05, 4.69) is 6.58 Å². The summed E-state index contributed by atoms with van der Waals surface area (Å²) in [5, 5.41) is 0. The summed E-state index contributed by atoms with van der Waals surface area (Å²) < 4.78 is 4.70. The summed E-state index contributed by atoms with van der Waals surface area (Å²) >= 11 is 0. The highest BCUT2D eigenvalue weighted by Gasteiger charge is 1.89. The molecule has 8 heavy (non-hydrogen) atoms. The minimum absolute atomic E-state index is 0. The van der Waals surface area contributed by atoms with E-state index in [1.807, 2.05) is 0 Å². The molecule has 0 unspecified atom stereocenters. The van der Waals surface area contributed by atoms with Gasteiger partial charge < -0.3 is 10.5 Å². The minimum Gasteiger partial charge on any atom is -0.383 e. The Morgan fingerprint density at radius 3 is 2.50 bits per heavy atom. The highest BCUT2D eigenvalue weighted by molar-refractivity contribution is 5.85. The van der Waals surface area contributed by atoms with E-state index in [-0.39, 0.29) is 18.4 Å². The van der Waals surface area contributed by atoms with Crippen molar-refractivity contribution in [3.8, 4) is 0 Å². The molecule has 0 aliphatic rings. The van der Waals surface area contributed by atoms with Crippen LogP contribution in [-0.2, 0) is 4.74 Å². The average molecular weight is 138 g/mol. The van der Waals surface area contributed by atoms with Crippen molar-refractivity contribution in [1.29, 1.82) is 0 Å². The van der Waals surface area contributed by atoms with Gasteiger partial charge in [0.25, 0.3) is 0 Å². The molecule has 0 saturated heterocycles. The van der Waals surface area contributed by atoms with Crippen LogP contribution in [0.4, 0.5) is 0 Å². The first-order valence-corrected chi connectivity index (χ1v) is 2.18. The Morgan fingerprint density at radius 2 is 2.38 bits per heavy atom. The fourth-order valence-corrected chi connectivity index (χ4v) is 0.260. The van der Waals surface area contributed by atoms with Crippen LogP contribution in [0.25, 0.3) is 0 Å². The van der Waals surface area contributed by atoms with Gasteiger partial charge >= 0.3 is 0 Å². The Balaban J connectivity index is 0. The minimum atomic E-state index is -0.00926. The molecule has 0 aliphatic carbocycles. The van der Waals surface area contributed by atoms with Crippen molar-refractivity contribution in [3.05, 3.63) is 12.7 Å². The van der Waals surface area contributed by atoms with Crippen LogP contribution >= 0.6 is 12.4 Å². The molecule has 0 radical (unpaired) electrons. The van der Waals surface area contributed by atoms with Gasteiger partial charge in [-0.1, -0.05) is 6.08 Å². The van der Waals surface area contributed by atoms with E-state index in [1.54, 1.807) is 13.2 Å². The molecule has 0 spiro atoms. The van der Waals surface area contributed by atoms with Crippen molar-refractivity contribution in [2.75, 3.05) is 13.7 Å². The number of rotatable bonds is 3. The maximum absolute atomic E-state index is 5.34. The fourth-order valence-electron chi connectivity index (χ4n) is 0.260. The lowest BCUT2D eigenvalue weighted by Crippen LogP contribution is -2.21. The third-order valence-corrected chi connectivity index (χ3v) is 0.662. The topological polar surface area (TPSA) is 35.2 Å². The Labute approximate surface area is 56.1 Å². The number of nitrogens with two attached hydrogens (primary N) is 1. The van der Waals surface area contributed by atoms with E-state index in [4.69, 9.17) is 10.5 Å². The Morgan fingerprint density at radius 1 is 1.88 bits per heavy atom. The summed E-state index contributed by atoms with van der Waals surface area (Å²) in [6, 6.07) is -0.00926. The smallest absolute Gasteiger partial charge is 0.0649 e. The van der Waals surface area contributed by atoms with Crippen LogP contribution in [0.15, 0.2) is 12.7 Å². The molecule has 2 nitrogen and oxygen atoms in total. The van der Waals surface area contributed by atoms with E-state index in [0.29, 0.717) is 6.61 Å². The molecule has 3 heteroatoms. The molecule has 0 aliphatic heterocycles. The van der Waals surface area contributed by atoms with Crippen molar-refractivity contribution in [1.82, 2.24) is 0 Å². The molecule has 0 aromatic heterocycles. The lowest BCUT2D eigenvalue weighted by atomic mass is 10.3.